The minimum absolute atomic E-state index is 0.247. The summed E-state index contributed by atoms with van der Waals surface area (Å²) in [6.07, 6.45) is 1.09. The Morgan fingerprint density at radius 2 is 2.05 bits per heavy atom. The molecular formula is C16H26N2O2. The Morgan fingerprint density at radius 3 is 2.65 bits per heavy atom. The summed E-state index contributed by atoms with van der Waals surface area (Å²) in [5.74, 6) is 1.34. The van der Waals surface area contributed by atoms with Crippen molar-refractivity contribution in [1.82, 2.24) is 10.2 Å². The minimum Gasteiger partial charge on any atom is -0.504 e. The van der Waals surface area contributed by atoms with Gasteiger partial charge in [0.2, 0.25) is 0 Å². The van der Waals surface area contributed by atoms with Crippen molar-refractivity contribution in [2.45, 2.75) is 26.3 Å². The van der Waals surface area contributed by atoms with E-state index in [1.165, 1.54) is 0 Å². The van der Waals surface area contributed by atoms with Crippen molar-refractivity contribution in [1.29, 1.82) is 0 Å². The fourth-order valence-electron chi connectivity index (χ4n) is 2.99. The van der Waals surface area contributed by atoms with Crippen LogP contribution in [-0.4, -0.2) is 43.3 Å². The third kappa shape index (κ3) is 3.07. The van der Waals surface area contributed by atoms with Gasteiger partial charge in [0, 0.05) is 37.8 Å². The molecule has 20 heavy (non-hydrogen) atoms. The second-order valence-corrected chi connectivity index (χ2v) is 5.51. The molecule has 0 spiro atoms. The Morgan fingerprint density at radius 1 is 1.35 bits per heavy atom. The molecule has 1 aromatic rings. The highest BCUT2D eigenvalue weighted by atomic mass is 16.5. The van der Waals surface area contributed by atoms with Gasteiger partial charge in [0.05, 0.1) is 7.11 Å². The lowest BCUT2D eigenvalue weighted by molar-refractivity contribution is 0.126. The van der Waals surface area contributed by atoms with E-state index >= 15 is 0 Å². The van der Waals surface area contributed by atoms with E-state index in [4.69, 9.17) is 4.74 Å². The van der Waals surface area contributed by atoms with Crippen molar-refractivity contribution in [2.75, 3.05) is 33.3 Å². The lowest BCUT2D eigenvalue weighted by atomic mass is 9.89. The molecule has 4 nitrogen and oxygen atoms in total. The third-order valence-corrected chi connectivity index (χ3v) is 4.30. The first-order valence-corrected chi connectivity index (χ1v) is 7.49. The Bertz CT molecular complexity index is 430. The average Bonchev–Trinajstić information content (AvgIpc) is 2.50. The summed E-state index contributed by atoms with van der Waals surface area (Å²) < 4.78 is 5.26. The van der Waals surface area contributed by atoms with Crippen LogP contribution in [0, 0.1) is 5.92 Å². The van der Waals surface area contributed by atoms with Gasteiger partial charge in [-0.3, -0.25) is 4.90 Å². The van der Waals surface area contributed by atoms with Gasteiger partial charge >= 0.3 is 0 Å². The summed E-state index contributed by atoms with van der Waals surface area (Å²) in [7, 11) is 1.60. The van der Waals surface area contributed by atoms with E-state index in [2.05, 4.69) is 24.1 Å². The molecule has 112 valence electrons. The molecule has 0 aromatic heterocycles. The number of phenols is 1. The van der Waals surface area contributed by atoms with Gasteiger partial charge in [0.1, 0.15) is 0 Å². The van der Waals surface area contributed by atoms with Crippen molar-refractivity contribution < 1.29 is 9.84 Å². The molecule has 1 heterocycles. The molecule has 1 fully saturated rings. The summed E-state index contributed by atoms with van der Waals surface area (Å²) >= 11 is 0. The third-order valence-electron chi connectivity index (χ3n) is 4.30. The first kappa shape index (κ1) is 15.1. The molecule has 2 atom stereocenters. The number of piperazine rings is 1. The molecule has 0 amide bonds. The highest BCUT2D eigenvalue weighted by Crippen LogP contribution is 2.40. The number of aromatic hydroxyl groups is 1. The van der Waals surface area contributed by atoms with E-state index in [1.807, 2.05) is 18.2 Å². The summed E-state index contributed by atoms with van der Waals surface area (Å²) in [6, 6.07) is 6.05. The van der Waals surface area contributed by atoms with E-state index in [0.717, 1.165) is 38.2 Å². The van der Waals surface area contributed by atoms with Crippen molar-refractivity contribution >= 4 is 0 Å². The van der Waals surface area contributed by atoms with Gasteiger partial charge in [-0.05, 0) is 12.0 Å². The molecule has 1 aliphatic heterocycles. The van der Waals surface area contributed by atoms with Crippen molar-refractivity contribution in [3.8, 4) is 11.5 Å². The van der Waals surface area contributed by atoms with Gasteiger partial charge in [0.25, 0.3) is 0 Å². The van der Waals surface area contributed by atoms with Gasteiger partial charge in [-0.1, -0.05) is 32.4 Å². The highest BCUT2D eigenvalue weighted by molar-refractivity contribution is 5.47. The number of hydrogen-bond donors (Lipinski definition) is 2. The number of hydrogen-bond acceptors (Lipinski definition) is 4. The van der Waals surface area contributed by atoms with E-state index in [-0.39, 0.29) is 6.04 Å². The van der Waals surface area contributed by atoms with Gasteiger partial charge in [-0.2, -0.15) is 0 Å². The maximum absolute atomic E-state index is 10.5. The van der Waals surface area contributed by atoms with Crippen molar-refractivity contribution in [2.24, 2.45) is 5.92 Å². The minimum atomic E-state index is 0.247. The lowest BCUT2D eigenvalue weighted by Gasteiger charge is -2.38. The molecule has 2 rings (SSSR count). The number of ether oxygens (including phenoxy) is 1. The zero-order chi connectivity index (χ0) is 14.5. The van der Waals surface area contributed by atoms with Gasteiger partial charge in [-0.15, -0.1) is 0 Å². The van der Waals surface area contributed by atoms with E-state index in [0.29, 0.717) is 17.4 Å². The maximum atomic E-state index is 10.5. The number of nitrogens with one attached hydrogen (secondary N) is 1. The van der Waals surface area contributed by atoms with Crippen LogP contribution < -0.4 is 10.1 Å². The fraction of sp³-hybridized carbons (Fsp3) is 0.625. The van der Waals surface area contributed by atoms with E-state index in [9.17, 15) is 5.11 Å². The smallest absolute Gasteiger partial charge is 0.162 e. The number of benzene rings is 1. The normalized spacial score (nSPS) is 19.6. The molecular weight excluding hydrogens is 252 g/mol. The first-order chi connectivity index (χ1) is 9.69. The summed E-state index contributed by atoms with van der Waals surface area (Å²) in [6.45, 7) is 8.52. The topological polar surface area (TPSA) is 44.7 Å². The molecule has 1 unspecified atom stereocenters. The first-order valence-electron chi connectivity index (χ1n) is 7.49. The van der Waals surface area contributed by atoms with Gasteiger partial charge in [0.15, 0.2) is 11.5 Å². The summed E-state index contributed by atoms with van der Waals surface area (Å²) in [5, 5.41) is 13.9. The summed E-state index contributed by atoms with van der Waals surface area (Å²) in [4.78, 5) is 2.47. The van der Waals surface area contributed by atoms with Crippen LogP contribution in [0.2, 0.25) is 0 Å². The van der Waals surface area contributed by atoms with Crippen LogP contribution in [-0.2, 0) is 0 Å². The number of rotatable bonds is 5. The molecule has 0 bridgehead atoms. The number of para-hydroxylation sites is 1. The number of phenolic OH excluding ortho intramolecular Hbond substituents is 1. The standard InChI is InChI=1S/C16H26N2O2/c1-4-12(2)15(18-10-8-17-9-11-18)13-6-5-7-14(20-3)16(13)19/h5-7,12,15,17,19H,4,8-11H2,1-3H3/t12?,15-/m0/s1. The van der Waals surface area contributed by atoms with Crippen LogP contribution in [0.1, 0.15) is 31.9 Å². The summed E-state index contributed by atoms with van der Waals surface area (Å²) in [5.41, 5.74) is 0.987. The van der Waals surface area contributed by atoms with Crippen LogP contribution in [0.4, 0.5) is 0 Å². The van der Waals surface area contributed by atoms with Crippen LogP contribution in [0.15, 0.2) is 18.2 Å². The quantitative estimate of drug-likeness (QED) is 0.868. The molecule has 0 radical (unpaired) electrons. The predicted molar refractivity (Wildman–Crippen MR) is 81.3 cm³/mol. The molecule has 0 aliphatic carbocycles. The molecule has 1 aliphatic rings. The number of nitrogens with zero attached hydrogens (tertiary/aromatic N) is 1. The fourth-order valence-corrected chi connectivity index (χ4v) is 2.99. The molecule has 4 heteroatoms. The van der Waals surface area contributed by atoms with Crippen LogP contribution >= 0.6 is 0 Å². The average molecular weight is 278 g/mol. The molecule has 1 aromatic carbocycles. The largest absolute Gasteiger partial charge is 0.504 e. The Balaban J connectivity index is 2.35. The van der Waals surface area contributed by atoms with E-state index < -0.39 is 0 Å². The van der Waals surface area contributed by atoms with Crippen molar-refractivity contribution in [3.63, 3.8) is 0 Å². The predicted octanol–water partition coefficient (Wildman–Crippen LogP) is 2.39. The van der Waals surface area contributed by atoms with Crippen molar-refractivity contribution in [3.05, 3.63) is 23.8 Å². The Hall–Kier alpha value is -1.26. The number of methoxy groups -OCH3 is 1. The molecule has 0 saturated carbocycles. The second kappa shape index (κ2) is 6.95. The van der Waals surface area contributed by atoms with E-state index in [1.54, 1.807) is 7.11 Å². The Kier molecular flexibility index (Phi) is 5.26. The molecule has 2 N–H and O–H groups in total. The van der Waals surface area contributed by atoms with Crippen LogP contribution in [0.3, 0.4) is 0 Å². The zero-order valence-corrected chi connectivity index (χ0v) is 12.7. The zero-order valence-electron chi connectivity index (χ0n) is 12.7. The maximum Gasteiger partial charge on any atom is 0.162 e. The van der Waals surface area contributed by atoms with Gasteiger partial charge in [-0.25, -0.2) is 0 Å². The SMILES string of the molecule is CCC(C)[C@@H](c1cccc(OC)c1O)N1CCNCC1. The highest BCUT2D eigenvalue weighted by Gasteiger charge is 2.29. The van der Waals surface area contributed by atoms with Crippen LogP contribution in [0.25, 0.3) is 0 Å². The van der Waals surface area contributed by atoms with Crippen LogP contribution in [0.5, 0.6) is 11.5 Å². The second-order valence-electron chi connectivity index (χ2n) is 5.51. The monoisotopic (exact) mass is 278 g/mol. The van der Waals surface area contributed by atoms with Gasteiger partial charge < -0.3 is 15.2 Å². The lowest BCUT2D eigenvalue weighted by Crippen LogP contribution is -2.46. The molecule has 1 saturated heterocycles. The Labute approximate surface area is 121 Å².